The third kappa shape index (κ3) is 1.02. The topological polar surface area (TPSA) is 0 Å². The lowest BCUT2D eigenvalue weighted by atomic mass is 11.8. The van der Waals surface area contributed by atoms with Crippen LogP contribution in [-0.2, 0) is 0 Å². The van der Waals surface area contributed by atoms with Gasteiger partial charge in [0.25, 0.3) is 0 Å². The fourth-order valence-electron chi connectivity index (χ4n) is 0.160. The molecule has 0 saturated carbocycles. The van der Waals surface area contributed by atoms with E-state index in [0.29, 0.717) is 9.33 Å². The quantitative estimate of drug-likeness (QED) is 0.546. The summed E-state index contributed by atoms with van der Waals surface area (Å²) in [5.74, 6) is 0. The Morgan fingerprint density at radius 1 is 1.60 bits per heavy atom. The number of rotatable bonds is 0. The summed E-state index contributed by atoms with van der Waals surface area (Å²) in [4.78, 5) is 0. The molecule has 1 saturated heterocycles. The summed E-state index contributed by atoms with van der Waals surface area (Å²) >= 11 is 5.53. The van der Waals surface area contributed by atoms with E-state index in [4.69, 9.17) is 0 Å². The second-order valence-corrected chi connectivity index (χ2v) is 7.33. The predicted molar refractivity (Wildman–Crippen MR) is 35.2 cm³/mol. The van der Waals surface area contributed by atoms with E-state index in [-0.39, 0.29) is 0 Å². The fourth-order valence-corrected chi connectivity index (χ4v) is 4.05. The van der Waals surface area contributed by atoms with Crippen molar-refractivity contribution in [1.29, 1.82) is 0 Å². The number of thiol groups is 1. The first kappa shape index (κ1) is 4.34. The maximum atomic E-state index is 3.50. The van der Waals surface area contributed by atoms with Gasteiger partial charge in [0.1, 0.15) is 0 Å². The van der Waals surface area contributed by atoms with E-state index in [1.807, 2.05) is 11.8 Å². The van der Waals surface area contributed by atoms with E-state index in [9.17, 15) is 0 Å². The predicted octanol–water partition coefficient (Wildman–Crippen LogP) is 1.96. The molecule has 1 aliphatic heterocycles. The molecule has 0 unspecified atom stereocenters. The lowest BCUT2D eigenvalue weighted by Gasteiger charge is -2.21. The number of hydrogen-bond donors (Lipinski definition) is 1. The van der Waals surface area contributed by atoms with Crippen molar-refractivity contribution in [3.8, 4) is 0 Å². The van der Waals surface area contributed by atoms with Crippen molar-refractivity contribution >= 4 is 35.9 Å². The summed E-state index contributed by atoms with van der Waals surface area (Å²) in [6, 6.07) is 0. The van der Waals surface area contributed by atoms with E-state index in [1.165, 1.54) is 10.2 Å². The summed E-state index contributed by atoms with van der Waals surface area (Å²) in [6.45, 7) is 0. The van der Waals surface area contributed by atoms with E-state index in [0.717, 1.165) is 0 Å². The van der Waals surface area contributed by atoms with Crippen molar-refractivity contribution in [3.63, 3.8) is 0 Å². The van der Waals surface area contributed by atoms with Gasteiger partial charge in [0.15, 0.2) is 0 Å². The third-order valence-electron chi connectivity index (χ3n) is 0.463. The van der Waals surface area contributed by atoms with Crippen LogP contribution in [0.5, 0.6) is 0 Å². The molecule has 0 radical (unpaired) electrons. The van der Waals surface area contributed by atoms with Gasteiger partial charge in [-0.25, -0.2) is 0 Å². The van der Waals surface area contributed by atoms with Crippen LogP contribution < -0.4 is 0 Å². The summed E-state index contributed by atoms with van der Waals surface area (Å²) in [5.41, 5.74) is 0. The molecule has 1 rings (SSSR count). The van der Waals surface area contributed by atoms with Gasteiger partial charge in [0.05, 0.1) is 0 Å². The highest BCUT2D eigenvalue weighted by atomic mass is 79.9. The smallest absolute Gasteiger partial charge is 0.0314 e. The summed E-state index contributed by atoms with van der Waals surface area (Å²) < 4.78 is 0. The first-order chi connectivity index (χ1) is 2.39. The molecule has 0 bridgehead atoms. The second kappa shape index (κ2) is 1.76. The average molecular weight is 173 g/mol. The molecule has 0 spiro atoms. The van der Waals surface area contributed by atoms with Gasteiger partial charge in [-0.1, -0.05) is 0 Å². The van der Waals surface area contributed by atoms with E-state index < -0.39 is 0 Å². The zero-order chi connectivity index (χ0) is 3.70. The number of halogens is 1. The zero-order valence-corrected chi connectivity index (χ0v) is 5.94. The van der Waals surface area contributed by atoms with Gasteiger partial charge < -0.3 is 0 Å². The minimum Gasteiger partial charge on any atom is -0.177 e. The second-order valence-electron chi connectivity index (χ2n) is 0.925. The number of hydrogen-bond acceptors (Lipinski definition) is 1. The Morgan fingerprint density at radius 3 is 2.00 bits per heavy atom. The molecule has 0 amide bonds. The van der Waals surface area contributed by atoms with Crippen molar-refractivity contribution in [2.45, 2.75) is 0 Å². The molecule has 5 heavy (non-hydrogen) atoms. The molecule has 0 nitrogen and oxygen atoms in total. The van der Waals surface area contributed by atoms with Crippen LogP contribution in [0.3, 0.4) is 0 Å². The molecule has 3 heteroatoms. The average Bonchev–Trinajstić information content (AvgIpc) is 1.30. The first-order valence-electron chi connectivity index (χ1n) is 1.38. The van der Waals surface area contributed by atoms with Crippen LogP contribution in [0.15, 0.2) is 0 Å². The Kier molecular flexibility index (Phi) is 1.52. The normalized spacial score (nSPS) is 29.4. The van der Waals surface area contributed by atoms with Crippen molar-refractivity contribution in [3.05, 3.63) is 0 Å². The van der Waals surface area contributed by atoms with Gasteiger partial charge >= 0.3 is 0 Å². The van der Waals surface area contributed by atoms with Gasteiger partial charge in [-0.3, -0.25) is 0 Å². The van der Waals surface area contributed by atoms with Gasteiger partial charge in [-0.15, -0.1) is 11.8 Å². The summed E-state index contributed by atoms with van der Waals surface area (Å²) in [6.07, 6.45) is 0. The first-order valence-corrected chi connectivity index (χ1v) is 6.26. The Labute approximate surface area is 46.3 Å². The molecule has 0 aromatic carbocycles. The Hall–Kier alpha value is 1.18. The molecule has 1 heterocycles. The monoisotopic (exact) mass is 172 g/mol. The highest BCUT2D eigenvalue weighted by molar-refractivity contribution is 9.55. The highest BCUT2D eigenvalue weighted by Gasteiger charge is 2.07. The Bertz CT molecular complexity index is 34.6. The van der Waals surface area contributed by atoms with E-state index in [1.54, 1.807) is 0 Å². The van der Waals surface area contributed by atoms with Crippen molar-refractivity contribution in [1.82, 2.24) is 0 Å². The molecular weight excluding hydrogens is 168 g/mol. The van der Waals surface area contributed by atoms with Crippen LogP contribution >= 0.6 is 35.9 Å². The molecule has 0 N–H and O–H groups in total. The standard InChI is InChI=1S/C2H5BrS2/c3-5-1-4-2-5/h5H,1-2H2. The maximum Gasteiger partial charge on any atom is 0.0314 e. The number of thioether (sulfide) groups is 1. The largest absolute Gasteiger partial charge is 0.177 e. The summed E-state index contributed by atoms with van der Waals surface area (Å²) in [5, 5.41) is 2.77. The third-order valence-corrected chi connectivity index (χ3v) is 7.85. The Balaban J connectivity index is 2.08. The van der Waals surface area contributed by atoms with Crippen molar-refractivity contribution < 1.29 is 0 Å². The molecule has 1 fully saturated rings. The molecule has 0 atom stereocenters. The van der Waals surface area contributed by atoms with E-state index in [2.05, 4.69) is 14.8 Å². The van der Waals surface area contributed by atoms with Gasteiger partial charge in [0.2, 0.25) is 0 Å². The molecular formula is C2H5BrS2. The van der Waals surface area contributed by atoms with Crippen LogP contribution in [-0.4, -0.2) is 10.2 Å². The SMILES string of the molecule is Br[SH]1CSC1. The molecule has 1 aliphatic rings. The molecule has 0 aromatic heterocycles. The minimum atomic E-state index is 0.358. The van der Waals surface area contributed by atoms with E-state index >= 15 is 0 Å². The van der Waals surface area contributed by atoms with Crippen LogP contribution in [0.4, 0.5) is 0 Å². The van der Waals surface area contributed by atoms with Gasteiger partial charge in [-0.05, 0) is 14.8 Å². The zero-order valence-electron chi connectivity index (χ0n) is 2.65. The fraction of sp³-hybridized carbons (Fsp3) is 1.00. The van der Waals surface area contributed by atoms with Gasteiger partial charge in [-0.2, -0.15) is 9.33 Å². The molecule has 0 aromatic rings. The highest BCUT2D eigenvalue weighted by Crippen LogP contribution is 2.50. The lowest BCUT2D eigenvalue weighted by molar-refractivity contribution is 2.03. The van der Waals surface area contributed by atoms with Gasteiger partial charge in [0, 0.05) is 10.2 Å². The molecule has 32 valence electrons. The van der Waals surface area contributed by atoms with Crippen LogP contribution in [0.25, 0.3) is 0 Å². The lowest BCUT2D eigenvalue weighted by Crippen LogP contribution is -1.90. The molecule has 0 aliphatic carbocycles. The van der Waals surface area contributed by atoms with Crippen molar-refractivity contribution in [2.75, 3.05) is 10.2 Å². The van der Waals surface area contributed by atoms with Crippen LogP contribution in [0, 0.1) is 0 Å². The van der Waals surface area contributed by atoms with Crippen LogP contribution in [0.1, 0.15) is 0 Å². The van der Waals surface area contributed by atoms with Crippen molar-refractivity contribution in [2.24, 2.45) is 0 Å². The maximum absolute atomic E-state index is 3.50. The van der Waals surface area contributed by atoms with Crippen LogP contribution in [0.2, 0.25) is 0 Å². The summed E-state index contributed by atoms with van der Waals surface area (Å²) in [7, 11) is 0.358. The Morgan fingerprint density at radius 2 is 2.00 bits per heavy atom. The minimum absolute atomic E-state index is 0.358.